The number of halogens is 1. The second-order valence-corrected chi connectivity index (χ2v) is 5.63. The van der Waals surface area contributed by atoms with E-state index in [1.54, 1.807) is 0 Å². The van der Waals surface area contributed by atoms with Crippen molar-refractivity contribution in [3.63, 3.8) is 0 Å². The van der Waals surface area contributed by atoms with Crippen LogP contribution in [0.2, 0.25) is 5.02 Å². The number of nitrogens with one attached hydrogen (secondary N) is 1. The lowest BCUT2D eigenvalue weighted by atomic mass is 10.00. The lowest BCUT2D eigenvalue weighted by Crippen LogP contribution is -2.51. The Morgan fingerprint density at radius 2 is 2.26 bits per heavy atom. The Balaban J connectivity index is 2.13. The number of hydrazine groups is 1. The summed E-state index contributed by atoms with van der Waals surface area (Å²) in [7, 11) is 0. The molecular weight excluding hydrogens is 262 g/mol. The molecule has 5 heteroatoms. The summed E-state index contributed by atoms with van der Waals surface area (Å²) in [6.45, 7) is 6.99. The van der Waals surface area contributed by atoms with Crippen molar-refractivity contribution in [2.45, 2.75) is 32.0 Å². The Kier molecular flexibility index (Phi) is 5.19. The lowest BCUT2D eigenvalue weighted by molar-refractivity contribution is -0.0561. The van der Waals surface area contributed by atoms with E-state index in [1.807, 2.05) is 24.3 Å². The average molecular weight is 284 g/mol. The van der Waals surface area contributed by atoms with Gasteiger partial charge in [0, 0.05) is 24.2 Å². The monoisotopic (exact) mass is 283 g/mol. The minimum atomic E-state index is -0.0414. The molecule has 1 aromatic rings. The zero-order valence-corrected chi connectivity index (χ0v) is 12.2. The van der Waals surface area contributed by atoms with Crippen molar-refractivity contribution >= 4 is 11.6 Å². The molecule has 0 bridgehead atoms. The van der Waals surface area contributed by atoms with Crippen LogP contribution in [0.15, 0.2) is 24.3 Å². The van der Waals surface area contributed by atoms with E-state index in [9.17, 15) is 0 Å². The van der Waals surface area contributed by atoms with Crippen LogP contribution in [0, 0.1) is 0 Å². The number of hydrogen-bond donors (Lipinski definition) is 2. The number of rotatable bonds is 4. The molecule has 4 nitrogen and oxygen atoms in total. The van der Waals surface area contributed by atoms with E-state index in [4.69, 9.17) is 22.2 Å². The summed E-state index contributed by atoms with van der Waals surface area (Å²) >= 11 is 6.04. The SMILES string of the molecule is CC(C)N1CCOC(C(NN)c2cccc(Cl)c2)C1. The number of hydrogen-bond acceptors (Lipinski definition) is 4. The second kappa shape index (κ2) is 6.68. The van der Waals surface area contributed by atoms with Gasteiger partial charge in [-0.25, -0.2) is 0 Å². The van der Waals surface area contributed by atoms with E-state index in [0.29, 0.717) is 11.1 Å². The third-order valence-electron chi connectivity index (χ3n) is 3.61. The first-order valence-electron chi connectivity index (χ1n) is 6.69. The number of nitrogens with two attached hydrogens (primary N) is 1. The molecule has 3 N–H and O–H groups in total. The van der Waals surface area contributed by atoms with Gasteiger partial charge in [-0.05, 0) is 31.5 Å². The molecule has 0 spiro atoms. The first-order chi connectivity index (χ1) is 9.11. The zero-order valence-electron chi connectivity index (χ0n) is 11.5. The van der Waals surface area contributed by atoms with E-state index in [-0.39, 0.29) is 12.1 Å². The molecule has 0 aliphatic carbocycles. The Morgan fingerprint density at radius 3 is 2.89 bits per heavy atom. The van der Waals surface area contributed by atoms with Crippen LogP contribution < -0.4 is 11.3 Å². The maximum Gasteiger partial charge on any atom is 0.0909 e. The molecule has 106 valence electrons. The summed E-state index contributed by atoms with van der Waals surface area (Å²) < 4.78 is 5.88. The zero-order chi connectivity index (χ0) is 13.8. The molecule has 1 aliphatic heterocycles. The first-order valence-corrected chi connectivity index (χ1v) is 7.07. The smallest absolute Gasteiger partial charge is 0.0909 e. The highest BCUT2D eigenvalue weighted by Crippen LogP contribution is 2.24. The Hall–Kier alpha value is -0.650. The van der Waals surface area contributed by atoms with Crippen molar-refractivity contribution in [2.75, 3.05) is 19.7 Å². The maximum atomic E-state index is 6.04. The summed E-state index contributed by atoms with van der Waals surface area (Å²) in [6.07, 6.45) is 0.0413. The van der Waals surface area contributed by atoms with E-state index < -0.39 is 0 Å². The number of ether oxygens (including phenoxy) is 1. The molecule has 2 atom stereocenters. The topological polar surface area (TPSA) is 50.5 Å². The third kappa shape index (κ3) is 3.68. The Morgan fingerprint density at radius 1 is 1.47 bits per heavy atom. The molecule has 2 unspecified atom stereocenters. The predicted molar refractivity (Wildman–Crippen MR) is 78.0 cm³/mol. The van der Waals surface area contributed by atoms with Crippen molar-refractivity contribution in [3.8, 4) is 0 Å². The van der Waals surface area contributed by atoms with Crippen LogP contribution in [0.5, 0.6) is 0 Å². The predicted octanol–water partition coefficient (Wildman–Crippen LogP) is 1.95. The molecule has 0 saturated carbocycles. The van der Waals surface area contributed by atoms with Gasteiger partial charge in [-0.2, -0.15) is 0 Å². The molecule has 1 saturated heterocycles. The van der Waals surface area contributed by atoms with Gasteiger partial charge >= 0.3 is 0 Å². The van der Waals surface area contributed by atoms with E-state index >= 15 is 0 Å². The van der Waals surface area contributed by atoms with Gasteiger partial charge in [-0.1, -0.05) is 23.7 Å². The lowest BCUT2D eigenvalue weighted by Gasteiger charge is -2.38. The Bertz CT molecular complexity index is 413. The van der Waals surface area contributed by atoms with Crippen molar-refractivity contribution in [1.82, 2.24) is 10.3 Å². The van der Waals surface area contributed by atoms with E-state index in [0.717, 1.165) is 25.3 Å². The van der Waals surface area contributed by atoms with Gasteiger partial charge < -0.3 is 4.74 Å². The molecule has 0 amide bonds. The van der Waals surface area contributed by atoms with Gasteiger partial charge in [0.1, 0.15) is 0 Å². The normalized spacial score (nSPS) is 22.7. The van der Waals surface area contributed by atoms with Crippen molar-refractivity contribution in [1.29, 1.82) is 0 Å². The summed E-state index contributed by atoms with van der Waals surface area (Å²) in [5.41, 5.74) is 3.93. The fraction of sp³-hybridized carbons (Fsp3) is 0.571. The van der Waals surface area contributed by atoms with Gasteiger partial charge in [0.15, 0.2) is 0 Å². The number of morpholine rings is 1. The van der Waals surface area contributed by atoms with Crippen molar-refractivity contribution in [3.05, 3.63) is 34.9 Å². The Labute approximate surface area is 119 Å². The first kappa shape index (κ1) is 14.8. The van der Waals surface area contributed by atoms with Gasteiger partial charge in [0.05, 0.1) is 18.8 Å². The standard InChI is InChI=1S/C14H22ClN3O/c1-10(2)18-6-7-19-13(9-18)14(17-16)11-4-3-5-12(15)8-11/h3-5,8,10,13-14,17H,6-7,9,16H2,1-2H3. The van der Waals surface area contributed by atoms with Crippen LogP contribution in [-0.2, 0) is 4.74 Å². The van der Waals surface area contributed by atoms with Crippen LogP contribution in [0.25, 0.3) is 0 Å². The van der Waals surface area contributed by atoms with Crippen LogP contribution in [0.1, 0.15) is 25.5 Å². The number of nitrogens with zero attached hydrogens (tertiary/aromatic N) is 1. The number of benzene rings is 1. The molecule has 1 heterocycles. The van der Waals surface area contributed by atoms with Gasteiger partial charge in [-0.3, -0.25) is 16.2 Å². The highest BCUT2D eigenvalue weighted by molar-refractivity contribution is 6.30. The molecule has 1 fully saturated rings. The molecule has 1 aromatic carbocycles. The van der Waals surface area contributed by atoms with Crippen LogP contribution in [0.4, 0.5) is 0 Å². The molecule has 1 aliphatic rings. The fourth-order valence-corrected chi connectivity index (χ4v) is 2.68. The van der Waals surface area contributed by atoms with Crippen LogP contribution in [-0.4, -0.2) is 36.7 Å². The highest BCUT2D eigenvalue weighted by atomic mass is 35.5. The highest BCUT2D eigenvalue weighted by Gasteiger charge is 2.29. The second-order valence-electron chi connectivity index (χ2n) is 5.20. The molecule has 0 aromatic heterocycles. The van der Waals surface area contributed by atoms with Crippen LogP contribution >= 0.6 is 11.6 Å². The molecule has 0 radical (unpaired) electrons. The largest absolute Gasteiger partial charge is 0.374 e. The van der Waals surface area contributed by atoms with E-state index in [2.05, 4.69) is 24.2 Å². The van der Waals surface area contributed by atoms with E-state index in [1.165, 1.54) is 0 Å². The average Bonchev–Trinajstić information content (AvgIpc) is 2.40. The molecule has 19 heavy (non-hydrogen) atoms. The van der Waals surface area contributed by atoms with Gasteiger partial charge in [0.25, 0.3) is 0 Å². The summed E-state index contributed by atoms with van der Waals surface area (Å²) in [5, 5.41) is 0.717. The van der Waals surface area contributed by atoms with Crippen LogP contribution in [0.3, 0.4) is 0 Å². The molecular formula is C14H22ClN3O. The van der Waals surface area contributed by atoms with Gasteiger partial charge in [0.2, 0.25) is 0 Å². The van der Waals surface area contributed by atoms with Gasteiger partial charge in [-0.15, -0.1) is 0 Å². The maximum absolute atomic E-state index is 6.04. The summed E-state index contributed by atoms with van der Waals surface area (Å²) in [6, 6.07) is 8.23. The quantitative estimate of drug-likeness (QED) is 0.655. The summed E-state index contributed by atoms with van der Waals surface area (Å²) in [5.74, 6) is 5.72. The fourth-order valence-electron chi connectivity index (χ4n) is 2.49. The van der Waals surface area contributed by atoms with Crippen molar-refractivity contribution in [2.24, 2.45) is 5.84 Å². The molecule has 2 rings (SSSR count). The minimum Gasteiger partial charge on any atom is -0.374 e. The minimum absolute atomic E-state index is 0.0413. The van der Waals surface area contributed by atoms with Crippen molar-refractivity contribution < 1.29 is 4.74 Å². The summed E-state index contributed by atoms with van der Waals surface area (Å²) in [4.78, 5) is 2.41. The third-order valence-corrected chi connectivity index (χ3v) is 3.85.